The van der Waals surface area contributed by atoms with Gasteiger partial charge in [-0.1, -0.05) is 38.1 Å². The molecule has 1 fully saturated rings. The summed E-state index contributed by atoms with van der Waals surface area (Å²) in [5, 5.41) is 2.91. The van der Waals surface area contributed by atoms with E-state index >= 15 is 0 Å². The minimum atomic E-state index is -0.597. The molecule has 1 atom stereocenters. The van der Waals surface area contributed by atoms with Gasteiger partial charge in [-0.3, -0.25) is 9.59 Å². The third-order valence-electron chi connectivity index (χ3n) is 5.27. The van der Waals surface area contributed by atoms with Crippen LogP contribution in [0.1, 0.15) is 37.3 Å². The van der Waals surface area contributed by atoms with Gasteiger partial charge in [0.1, 0.15) is 11.7 Å². The fraction of sp³-hybridized carbons (Fsp3) is 0.391. The predicted molar refractivity (Wildman–Crippen MR) is 111 cm³/mol. The Morgan fingerprint density at radius 3 is 2.43 bits per heavy atom. The molecule has 0 aliphatic carbocycles. The number of carbonyl (C=O) groups is 2. The smallest absolute Gasteiger partial charge is 0.239 e. The lowest BCUT2D eigenvalue weighted by molar-refractivity contribution is -0.132. The van der Waals surface area contributed by atoms with Crippen molar-refractivity contribution < 1.29 is 14.3 Å². The zero-order valence-electron chi connectivity index (χ0n) is 16.8. The maximum atomic E-state index is 12.7. The van der Waals surface area contributed by atoms with E-state index in [1.807, 2.05) is 36.4 Å². The molecule has 0 spiro atoms. The topological polar surface area (TPSA) is 58.6 Å². The number of ether oxygens (including phenoxy) is 1. The lowest BCUT2D eigenvalue weighted by Gasteiger charge is -2.18. The summed E-state index contributed by atoms with van der Waals surface area (Å²) in [5.74, 6) is 0.373. The number of hydrogen-bond donors (Lipinski definition) is 1. The van der Waals surface area contributed by atoms with Gasteiger partial charge in [0, 0.05) is 18.8 Å². The molecule has 2 aromatic rings. The van der Waals surface area contributed by atoms with E-state index in [-0.39, 0.29) is 11.8 Å². The lowest BCUT2D eigenvalue weighted by atomic mass is 10.0. The Morgan fingerprint density at radius 1 is 1.14 bits per heavy atom. The third kappa shape index (κ3) is 4.53. The molecule has 0 aromatic heterocycles. The maximum Gasteiger partial charge on any atom is 0.239 e. The van der Waals surface area contributed by atoms with Crippen molar-refractivity contribution >= 4 is 17.5 Å². The monoisotopic (exact) mass is 380 g/mol. The molecule has 0 radical (unpaired) electrons. The summed E-state index contributed by atoms with van der Waals surface area (Å²) < 4.78 is 5.14. The van der Waals surface area contributed by atoms with E-state index in [0.717, 1.165) is 23.4 Å². The average Bonchev–Trinajstić information content (AvgIpc) is 3.10. The predicted octanol–water partition coefficient (Wildman–Crippen LogP) is 3.53. The average molecular weight is 380 g/mol. The minimum Gasteiger partial charge on any atom is -0.497 e. The van der Waals surface area contributed by atoms with Crippen LogP contribution in [0.15, 0.2) is 48.5 Å². The summed E-state index contributed by atoms with van der Waals surface area (Å²) in [7, 11) is 1.63. The van der Waals surface area contributed by atoms with Gasteiger partial charge in [0.25, 0.3) is 0 Å². The Kier molecular flexibility index (Phi) is 6.34. The first-order valence-electron chi connectivity index (χ1n) is 9.81. The standard InChI is InChI=1S/C23H28N2O3/c1-16(2)18-6-8-19(9-7-18)25-15-13-21(23(25)27)22(26)24-14-12-17-4-10-20(28-3)11-5-17/h4-11,16,21H,12-15H2,1-3H3,(H,24,26)/t21-/m1/s1. The highest BCUT2D eigenvalue weighted by Gasteiger charge is 2.37. The SMILES string of the molecule is COc1ccc(CCNC(=O)[C@H]2CCN(c3ccc(C(C)C)cc3)C2=O)cc1. The summed E-state index contributed by atoms with van der Waals surface area (Å²) in [6, 6.07) is 15.8. The number of hydrogen-bond acceptors (Lipinski definition) is 3. The maximum absolute atomic E-state index is 12.7. The highest BCUT2D eigenvalue weighted by atomic mass is 16.5. The Labute approximate surface area is 166 Å². The van der Waals surface area contributed by atoms with Crippen LogP contribution in [0.2, 0.25) is 0 Å². The number of amides is 2. The van der Waals surface area contributed by atoms with Gasteiger partial charge in [0.05, 0.1) is 7.11 Å². The summed E-state index contributed by atoms with van der Waals surface area (Å²) in [5.41, 5.74) is 3.22. The molecule has 1 N–H and O–H groups in total. The molecule has 2 amide bonds. The van der Waals surface area contributed by atoms with Crippen LogP contribution in [-0.2, 0) is 16.0 Å². The largest absolute Gasteiger partial charge is 0.497 e. The zero-order valence-corrected chi connectivity index (χ0v) is 16.8. The Bertz CT molecular complexity index is 813. The van der Waals surface area contributed by atoms with E-state index in [1.54, 1.807) is 12.0 Å². The van der Waals surface area contributed by atoms with Crippen molar-refractivity contribution in [3.8, 4) is 5.75 Å². The van der Waals surface area contributed by atoms with Crippen LogP contribution >= 0.6 is 0 Å². The van der Waals surface area contributed by atoms with Gasteiger partial charge in [-0.2, -0.15) is 0 Å². The first-order chi connectivity index (χ1) is 13.5. The number of methoxy groups -OCH3 is 1. The molecule has 1 aliphatic rings. The van der Waals surface area contributed by atoms with Crippen LogP contribution in [0.5, 0.6) is 5.75 Å². The Morgan fingerprint density at radius 2 is 1.82 bits per heavy atom. The first-order valence-corrected chi connectivity index (χ1v) is 9.81. The van der Waals surface area contributed by atoms with Crippen LogP contribution in [0.25, 0.3) is 0 Å². The number of rotatable bonds is 7. The molecule has 3 rings (SSSR count). The fourth-order valence-electron chi connectivity index (χ4n) is 3.46. The van der Waals surface area contributed by atoms with Crippen LogP contribution in [0.3, 0.4) is 0 Å². The quantitative estimate of drug-likeness (QED) is 0.748. The summed E-state index contributed by atoms with van der Waals surface area (Å²) in [4.78, 5) is 26.9. The van der Waals surface area contributed by atoms with Crippen LogP contribution in [0.4, 0.5) is 5.69 Å². The molecule has 0 unspecified atom stereocenters. The van der Waals surface area contributed by atoms with Gasteiger partial charge >= 0.3 is 0 Å². The molecule has 5 nitrogen and oxygen atoms in total. The number of nitrogens with zero attached hydrogens (tertiary/aromatic N) is 1. The van der Waals surface area contributed by atoms with Gasteiger partial charge in [0.15, 0.2) is 0 Å². The second-order valence-electron chi connectivity index (χ2n) is 7.47. The molecule has 1 saturated heterocycles. The molecule has 5 heteroatoms. The van der Waals surface area contributed by atoms with Crippen molar-refractivity contribution in [1.29, 1.82) is 0 Å². The van der Waals surface area contributed by atoms with Gasteiger partial charge in [-0.05, 0) is 54.2 Å². The van der Waals surface area contributed by atoms with Gasteiger partial charge < -0.3 is 15.0 Å². The molecule has 0 bridgehead atoms. The van der Waals surface area contributed by atoms with Gasteiger partial charge in [-0.15, -0.1) is 0 Å². The Hall–Kier alpha value is -2.82. The normalized spacial score (nSPS) is 16.5. The zero-order chi connectivity index (χ0) is 20.1. The van der Waals surface area contributed by atoms with Crippen molar-refractivity contribution in [3.05, 3.63) is 59.7 Å². The van der Waals surface area contributed by atoms with Crippen LogP contribution in [0, 0.1) is 5.92 Å². The summed E-state index contributed by atoms with van der Waals surface area (Å²) in [6.07, 6.45) is 1.27. The number of benzene rings is 2. The first kappa shape index (κ1) is 19.9. The fourth-order valence-corrected chi connectivity index (χ4v) is 3.46. The molecule has 1 aliphatic heterocycles. The molecule has 148 valence electrons. The number of anilines is 1. The summed E-state index contributed by atoms with van der Waals surface area (Å²) >= 11 is 0. The van der Waals surface area contributed by atoms with Crippen molar-refractivity contribution in [2.24, 2.45) is 5.92 Å². The minimum absolute atomic E-state index is 0.112. The molecule has 28 heavy (non-hydrogen) atoms. The van der Waals surface area contributed by atoms with Crippen LogP contribution < -0.4 is 15.0 Å². The summed E-state index contributed by atoms with van der Waals surface area (Å²) in [6.45, 7) is 5.37. The van der Waals surface area contributed by atoms with E-state index in [0.29, 0.717) is 25.4 Å². The van der Waals surface area contributed by atoms with Crippen molar-refractivity contribution in [1.82, 2.24) is 5.32 Å². The molecule has 2 aromatic carbocycles. The van der Waals surface area contributed by atoms with E-state index in [2.05, 4.69) is 31.3 Å². The van der Waals surface area contributed by atoms with Gasteiger partial charge in [0.2, 0.25) is 11.8 Å². The second-order valence-corrected chi connectivity index (χ2v) is 7.47. The highest BCUT2D eigenvalue weighted by Crippen LogP contribution is 2.27. The van der Waals surface area contributed by atoms with Crippen molar-refractivity contribution in [2.45, 2.75) is 32.6 Å². The lowest BCUT2D eigenvalue weighted by Crippen LogP contribution is -2.37. The molecule has 1 heterocycles. The number of carbonyl (C=O) groups excluding carboxylic acids is 2. The van der Waals surface area contributed by atoms with E-state index in [4.69, 9.17) is 4.74 Å². The Balaban J connectivity index is 1.52. The third-order valence-corrected chi connectivity index (χ3v) is 5.27. The molecular weight excluding hydrogens is 352 g/mol. The van der Waals surface area contributed by atoms with E-state index < -0.39 is 5.92 Å². The molecular formula is C23H28N2O3. The van der Waals surface area contributed by atoms with Crippen molar-refractivity contribution in [2.75, 3.05) is 25.1 Å². The van der Waals surface area contributed by atoms with Gasteiger partial charge in [-0.25, -0.2) is 0 Å². The van der Waals surface area contributed by atoms with Crippen LogP contribution in [-0.4, -0.2) is 32.0 Å². The van der Waals surface area contributed by atoms with E-state index in [9.17, 15) is 9.59 Å². The van der Waals surface area contributed by atoms with E-state index in [1.165, 1.54) is 5.56 Å². The highest BCUT2D eigenvalue weighted by molar-refractivity contribution is 6.09. The van der Waals surface area contributed by atoms with Crippen molar-refractivity contribution in [3.63, 3.8) is 0 Å². The molecule has 0 saturated carbocycles. The number of nitrogens with one attached hydrogen (secondary N) is 1. The second kappa shape index (κ2) is 8.91.